The second kappa shape index (κ2) is 12.7. The number of ketones is 1. The van der Waals surface area contributed by atoms with Crippen LogP contribution < -0.4 is 5.32 Å². The molecule has 1 aromatic heterocycles. The fraction of sp³-hybridized carbons (Fsp3) is 0.448. The van der Waals surface area contributed by atoms with Crippen molar-refractivity contribution >= 4 is 22.7 Å². The van der Waals surface area contributed by atoms with Crippen molar-refractivity contribution in [2.24, 2.45) is 11.8 Å². The number of rotatable bonds is 11. The minimum atomic E-state index is -0.563. The molecular weight excluding hydrogens is 440 g/mol. The van der Waals surface area contributed by atoms with Crippen LogP contribution in [0, 0.1) is 11.8 Å². The van der Waals surface area contributed by atoms with Gasteiger partial charge in [0.2, 0.25) is 0 Å². The number of carbonyl (C=O) groups is 2. The Morgan fingerprint density at radius 3 is 2.54 bits per heavy atom. The molecule has 1 aliphatic heterocycles. The van der Waals surface area contributed by atoms with E-state index < -0.39 is 5.92 Å². The average Bonchev–Trinajstić information content (AvgIpc) is 3.54. The van der Waals surface area contributed by atoms with Crippen LogP contribution in [-0.2, 0) is 32.1 Å². The van der Waals surface area contributed by atoms with E-state index in [2.05, 4.69) is 10.3 Å². The molecule has 4 atom stereocenters. The summed E-state index contributed by atoms with van der Waals surface area (Å²) >= 11 is 0. The Bertz CT molecular complexity index is 1090. The summed E-state index contributed by atoms with van der Waals surface area (Å²) in [7, 11) is 1.66. The van der Waals surface area contributed by atoms with Gasteiger partial charge in [0.15, 0.2) is 0 Å². The second-order valence-electron chi connectivity index (χ2n) is 9.22. The van der Waals surface area contributed by atoms with Crippen molar-refractivity contribution < 1.29 is 19.1 Å². The number of hydrogen-bond acceptors (Lipinski definition) is 5. The third-order valence-electron chi connectivity index (χ3n) is 6.91. The Hall–Kier alpha value is -2.96. The largest absolute Gasteiger partial charge is 0.461 e. The molecule has 6 heteroatoms. The first-order chi connectivity index (χ1) is 16.6. The van der Waals surface area contributed by atoms with E-state index in [0.29, 0.717) is 6.42 Å². The van der Waals surface area contributed by atoms with E-state index in [1.54, 1.807) is 7.11 Å². The summed E-state index contributed by atoms with van der Waals surface area (Å²) in [6.07, 6.45) is 4.37. The minimum absolute atomic E-state index is 0. The van der Waals surface area contributed by atoms with Gasteiger partial charge in [0, 0.05) is 42.6 Å². The summed E-state index contributed by atoms with van der Waals surface area (Å²) in [5.41, 5.74) is 2.95. The first kappa shape index (κ1) is 26.6. The Morgan fingerprint density at radius 1 is 1.09 bits per heavy atom. The SMILES string of the molecule is C.CO[C@@H]([C@@H]1CCCN1)[C@@H](C)C(=O)C[C@@H](Cc1c[nH]c2ccccc12)C(=O)OCc1ccccc1. The van der Waals surface area contributed by atoms with Gasteiger partial charge in [-0.1, -0.05) is 62.9 Å². The summed E-state index contributed by atoms with van der Waals surface area (Å²) in [6, 6.07) is 17.8. The van der Waals surface area contributed by atoms with Gasteiger partial charge in [-0.15, -0.1) is 0 Å². The number of hydrogen-bond donors (Lipinski definition) is 2. The van der Waals surface area contributed by atoms with E-state index in [1.165, 1.54) is 0 Å². The molecule has 1 aliphatic rings. The molecule has 35 heavy (non-hydrogen) atoms. The van der Waals surface area contributed by atoms with Crippen molar-refractivity contribution in [3.8, 4) is 0 Å². The van der Waals surface area contributed by atoms with Crippen LogP contribution in [0.15, 0.2) is 60.8 Å². The molecule has 1 fully saturated rings. The minimum Gasteiger partial charge on any atom is -0.461 e. The van der Waals surface area contributed by atoms with Crippen LogP contribution in [0.1, 0.15) is 44.7 Å². The summed E-state index contributed by atoms with van der Waals surface area (Å²) in [5.74, 6) is -1.19. The molecule has 1 saturated heterocycles. The highest BCUT2D eigenvalue weighted by Crippen LogP contribution is 2.26. The number of aromatic nitrogens is 1. The summed E-state index contributed by atoms with van der Waals surface area (Å²) in [4.78, 5) is 29.8. The Morgan fingerprint density at radius 2 is 1.83 bits per heavy atom. The standard InChI is InChI=1S/C28H34N2O4.CH4/c1-19(27(33-2)25-13-8-14-29-25)26(31)16-21(28(32)34-18-20-9-4-3-5-10-20)15-22-17-30-24-12-7-6-11-23(22)24;/h3-7,9-12,17,19,21,25,27,29-30H,8,13-16,18H2,1-2H3;1H4/t19-,21+,25-,27+;/m0./s1. The maximum absolute atomic E-state index is 13.4. The number of para-hydroxylation sites is 1. The van der Waals surface area contributed by atoms with Crippen LogP contribution in [0.2, 0.25) is 0 Å². The van der Waals surface area contributed by atoms with Gasteiger partial charge in [-0.2, -0.15) is 0 Å². The molecule has 0 unspecified atom stereocenters. The first-order valence-electron chi connectivity index (χ1n) is 12.1. The van der Waals surface area contributed by atoms with E-state index >= 15 is 0 Å². The summed E-state index contributed by atoms with van der Waals surface area (Å²) in [5, 5.41) is 4.51. The van der Waals surface area contributed by atoms with Crippen molar-refractivity contribution in [3.63, 3.8) is 0 Å². The van der Waals surface area contributed by atoms with Gasteiger partial charge >= 0.3 is 5.97 Å². The molecule has 0 amide bonds. The van der Waals surface area contributed by atoms with Crippen LogP contribution in [0.3, 0.4) is 0 Å². The molecule has 3 aromatic rings. The quantitative estimate of drug-likeness (QED) is 0.376. The maximum Gasteiger partial charge on any atom is 0.310 e. The van der Waals surface area contributed by atoms with Crippen LogP contribution in [0.5, 0.6) is 0 Å². The van der Waals surface area contributed by atoms with Gasteiger partial charge in [0.1, 0.15) is 12.4 Å². The molecule has 4 rings (SSSR count). The number of Topliss-reactive ketones (excluding diaryl/α,β-unsaturated/α-hetero) is 1. The summed E-state index contributed by atoms with van der Waals surface area (Å²) in [6.45, 7) is 3.05. The van der Waals surface area contributed by atoms with Crippen LogP contribution in [-0.4, -0.2) is 42.5 Å². The zero-order chi connectivity index (χ0) is 23.9. The van der Waals surface area contributed by atoms with Crippen molar-refractivity contribution in [3.05, 3.63) is 71.9 Å². The zero-order valence-corrected chi connectivity index (χ0v) is 20.0. The number of nitrogens with one attached hydrogen (secondary N) is 2. The number of carbonyl (C=O) groups excluding carboxylic acids is 2. The molecule has 2 N–H and O–H groups in total. The van der Waals surface area contributed by atoms with Gasteiger partial charge < -0.3 is 19.8 Å². The topological polar surface area (TPSA) is 80.4 Å². The zero-order valence-electron chi connectivity index (χ0n) is 20.0. The molecule has 188 valence electrons. The lowest BCUT2D eigenvalue weighted by atomic mass is 9.86. The van der Waals surface area contributed by atoms with E-state index in [-0.39, 0.29) is 50.3 Å². The molecule has 0 aliphatic carbocycles. The smallest absolute Gasteiger partial charge is 0.310 e. The van der Waals surface area contributed by atoms with Crippen molar-refractivity contribution in [1.29, 1.82) is 0 Å². The Balaban J connectivity index is 0.00000342. The fourth-order valence-corrected chi connectivity index (χ4v) is 4.97. The number of H-pyrrole nitrogens is 1. The monoisotopic (exact) mass is 478 g/mol. The molecule has 0 saturated carbocycles. The van der Waals surface area contributed by atoms with Gasteiger partial charge in [-0.25, -0.2) is 0 Å². The number of ether oxygens (including phenoxy) is 2. The normalized spacial score (nSPS) is 17.9. The van der Waals surface area contributed by atoms with Crippen molar-refractivity contribution in [2.45, 2.75) is 58.8 Å². The van der Waals surface area contributed by atoms with E-state index in [4.69, 9.17) is 9.47 Å². The Kier molecular flexibility index (Phi) is 9.64. The van der Waals surface area contributed by atoms with E-state index in [0.717, 1.165) is 41.4 Å². The molecule has 2 aromatic carbocycles. The fourth-order valence-electron chi connectivity index (χ4n) is 4.97. The first-order valence-corrected chi connectivity index (χ1v) is 12.1. The second-order valence-corrected chi connectivity index (χ2v) is 9.22. The average molecular weight is 479 g/mol. The third-order valence-corrected chi connectivity index (χ3v) is 6.91. The van der Waals surface area contributed by atoms with E-state index in [1.807, 2.05) is 67.7 Å². The molecule has 0 radical (unpaired) electrons. The lowest BCUT2D eigenvalue weighted by Gasteiger charge is -2.28. The number of methoxy groups -OCH3 is 1. The lowest BCUT2D eigenvalue weighted by Crippen LogP contribution is -2.43. The van der Waals surface area contributed by atoms with Gasteiger partial charge in [0.05, 0.1) is 12.0 Å². The number of esters is 1. The number of fused-ring (bicyclic) bond motifs is 1. The summed E-state index contributed by atoms with van der Waals surface area (Å²) < 4.78 is 11.4. The van der Waals surface area contributed by atoms with Crippen LogP contribution in [0.4, 0.5) is 0 Å². The lowest BCUT2D eigenvalue weighted by molar-refractivity contribution is -0.152. The third kappa shape index (κ3) is 6.59. The highest BCUT2D eigenvalue weighted by atomic mass is 16.5. The van der Waals surface area contributed by atoms with Gasteiger partial charge in [-0.05, 0) is 43.0 Å². The van der Waals surface area contributed by atoms with Crippen molar-refractivity contribution in [1.82, 2.24) is 10.3 Å². The predicted molar refractivity (Wildman–Crippen MR) is 139 cm³/mol. The molecule has 2 heterocycles. The number of aromatic amines is 1. The molecule has 0 spiro atoms. The predicted octanol–water partition coefficient (Wildman–Crippen LogP) is 5.07. The van der Waals surface area contributed by atoms with Gasteiger partial charge in [0.25, 0.3) is 0 Å². The van der Waals surface area contributed by atoms with Crippen LogP contribution >= 0.6 is 0 Å². The highest BCUT2D eigenvalue weighted by Gasteiger charge is 2.35. The highest BCUT2D eigenvalue weighted by molar-refractivity contribution is 5.88. The molecule has 0 bridgehead atoms. The van der Waals surface area contributed by atoms with E-state index in [9.17, 15) is 9.59 Å². The molecular formula is C29H38N2O4. The van der Waals surface area contributed by atoms with Crippen LogP contribution in [0.25, 0.3) is 10.9 Å². The molecule has 6 nitrogen and oxygen atoms in total. The maximum atomic E-state index is 13.4. The number of benzene rings is 2. The Labute approximate surface area is 208 Å². The van der Waals surface area contributed by atoms with Crippen molar-refractivity contribution in [2.75, 3.05) is 13.7 Å². The van der Waals surface area contributed by atoms with Gasteiger partial charge in [-0.3, -0.25) is 9.59 Å².